The quantitative estimate of drug-likeness (QED) is 0.788. The molecule has 24 heavy (non-hydrogen) atoms. The Morgan fingerprint density at radius 3 is 2.92 bits per heavy atom. The van der Waals surface area contributed by atoms with Crippen LogP contribution in [-0.2, 0) is 4.79 Å². The zero-order chi connectivity index (χ0) is 16.8. The van der Waals surface area contributed by atoms with Crippen molar-refractivity contribution in [1.82, 2.24) is 20.4 Å². The Bertz CT molecular complexity index is 544. The molecule has 1 atom stereocenters. The minimum Gasteiger partial charge on any atom is -0.354 e. The number of hydrogen-bond donors (Lipinski definition) is 2. The van der Waals surface area contributed by atoms with Gasteiger partial charge >= 0.3 is 0 Å². The lowest BCUT2D eigenvalue weighted by Gasteiger charge is -2.35. The number of piperidine rings is 1. The number of allylic oxidation sites excluding steroid dienone is 1. The Labute approximate surface area is 144 Å². The van der Waals surface area contributed by atoms with Crippen molar-refractivity contribution in [3.63, 3.8) is 0 Å². The van der Waals surface area contributed by atoms with Gasteiger partial charge in [-0.2, -0.15) is 5.10 Å². The Kier molecular flexibility index (Phi) is 6.07. The van der Waals surface area contributed by atoms with Crippen LogP contribution in [0.25, 0.3) is 0 Å². The summed E-state index contributed by atoms with van der Waals surface area (Å²) in [5.74, 6) is 0.726. The maximum absolute atomic E-state index is 12.4. The number of rotatable bonds is 6. The summed E-state index contributed by atoms with van der Waals surface area (Å²) in [6, 6.07) is 2.03. The molecule has 1 fully saturated rings. The molecule has 2 aliphatic rings. The molecule has 5 heteroatoms. The van der Waals surface area contributed by atoms with Crippen molar-refractivity contribution in [2.75, 3.05) is 19.6 Å². The van der Waals surface area contributed by atoms with Crippen LogP contribution in [0.5, 0.6) is 0 Å². The molecular weight excluding hydrogens is 300 g/mol. The highest BCUT2D eigenvalue weighted by Crippen LogP contribution is 2.27. The number of nitrogens with one attached hydrogen (secondary N) is 2. The number of carbonyl (C=O) groups excluding carboxylic acids is 1. The van der Waals surface area contributed by atoms with Crippen molar-refractivity contribution in [2.24, 2.45) is 0 Å². The molecular formula is C19H30N4O. The van der Waals surface area contributed by atoms with Crippen LogP contribution in [-0.4, -0.2) is 46.7 Å². The third kappa shape index (κ3) is 4.47. The number of hydrogen-bond acceptors (Lipinski definition) is 3. The molecule has 3 rings (SSSR count). The van der Waals surface area contributed by atoms with Gasteiger partial charge in [0.1, 0.15) is 0 Å². The van der Waals surface area contributed by atoms with Crippen LogP contribution in [0.3, 0.4) is 0 Å². The molecule has 0 saturated carbocycles. The van der Waals surface area contributed by atoms with Gasteiger partial charge in [-0.25, -0.2) is 0 Å². The van der Waals surface area contributed by atoms with Gasteiger partial charge in [-0.15, -0.1) is 0 Å². The lowest BCUT2D eigenvalue weighted by atomic mass is 9.93. The van der Waals surface area contributed by atoms with Gasteiger partial charge in [0.15, 0.2) is 0 Å². The van der Waals surface area contributed by atoms with Gasteiger partial charge in [-0.1, -0.05) is 11.6 Å². The van der Waals surface area contributed by atoms with Gasteiger partial charge in [0.2, 0.25) is 5.91 Å². The number of aromatic nitrogens is 2. The third-order valence-corrected chi connectivity index (χ3v) is 5.55. The van der Waals surface area contributed by atoms with Gasteiger partial charge in [-0.05, 0) is 71.0 Å². The first-order valence-corrected chi connectivity index (χ1v) is 9.43. The molecule has 0 spiro atoms. The molecule has 1 aliphatic carbocycles. The van der Waals surface area contributed by atoms with E-state index in [9.17, 15) is 4.79 Å². The summed E-state index contributed by atoms with van der Waals surface area (Å²) in [6.07, 6.45) is 12.4. The van der Waals surface area contributed by atoms with Crippen molar-refractivity contribution in [1.29, 1.82) is 0 Å². The van der Waals surface area contributed by atoms with Crippen LogP contribution >= 0.6 is 0 Å². The number of nitrogens with zero attached hydrogens (tertiary/aromatic N) is 2. The molecule has 0 bridgehead atoms. The first kappa shape index (κ1) is 17.2. The van der Waals surface area contributed by atoms with Gasteiger partial charge in [0.05, 0.1) is 6.04 Å². The average Bonchev–Trinajstić information content (AvgIpc) is 3.17. The Morgan fingerprint density at radius 1 is 1.42 bits per heavy atom. The smallest absolute Gasteiger partial charge is 0.237 e. The van der Waals surface area contributed by atoms with Crippen LogP contribution in [0.15, 0.2) is 23.9 Å². The van der Waals surface area contributed by atoms with Crippen LogP contribution in [0.2, 0.25) is 0 Å². The minimum atomic E-state index is -0.0342. The van der Waals surface area contributed by atoms with Crippen LogP contribution in [0.4, 0.5) is 0 Å². The molecule has 2 N–H and O–H groups in total. The van der Waals surface area contributed by atoms with Gasteiger partial charge in [0.25, 0.3) is 0 Å². The monoisotopic (exact) mass is 330 g/mol. The van der Waals surface area contributed by atoms with Crippen molar-refractivity contribution in [3.05, 3.63) is 29.6 Å². The largest absolute Gasteiger partial charge is 0.354 e. The molecule has 0 aromatic carbocycles. The number of H-pyrrole nitrogens is 1. The number of carbonyl (C=O) groups is 1. The molecule has 0 radical (unpaired) electrons. The Hall–Kier alpha value is -1.62. The van der Waals surface area contributed by atoms with E-state index in [1.807, 2.05) is 13.1 Å². The molecule has 1 saturated heterocycles. The standard InChI is InChI=1S/C19H30N4O/c1-15(19(24)20-11-7-16-5-3-2-4-6-16)23-13-9-17(10-14-23)18-8-12-21-22-18/h5,8,12,15,17H,2-4,6-7,9-11,13-14H2,1H3,(H,20,24)(H,21,22)/t15-/m1/s1. The highest BCUT2D eigenvalue weighted by molar-refractivity contribution is 5.81. The average molecular weight is 330 g/mol. The van der Waals surface area contributed by atoms with E-state index in [0.717, 1.165) is 38.9 Å². The molecule has 132 valence electrons. The topological polar surface area (TPSA) is 61.0 Å². The van der Waals surface area contributed by atoms with E-state index < -0.39 is 0 Å². The summed E-state index contributed by atoms with van der Waals surface area (Å²) in [5.41, 5.74) is 2.75. The van der Waals surface area contributed by atoms with E-state index in [-0.39, 0.29) is 11.9 Å². The predicted octanol–water partition coefficient (Wildman–Crippen LogP) is 2.98. The third-order valence-electron chi connectivity index (χ3n) is 5.55. The summed E-state index contributed by atoms with van der Waals surface area (Å²) < 4.78 is 0. The zero-order valence-corrected chi connectivity index (χ0v) is 14.8. The SMILES string of the molecule is C[C@H](C(=O)NCCC1=CCCCC1)N1CCC(c2ccn[nH]2)CC1. The van der Waals surface area contributed by atoms with E-state index in [0.29, 0.717) is 5.92 Å². The van der Waals surface area contributed by atoms with E-state index in [2.05, 4.69) is 32.6 Å². The van der Waals surface area contributed by atoms with Crippen LogP contribution < -0.4 is 5.32 Å². The molecule has 1 aromatic rings. The van der Waals surface area contributed by atoms with Crippen molar-refractivity contribution in [3.8, 4) is 0 Å². The maximum atomic E-state index is 12.4. The normalized spacial score (nSPS) is 21.3. The summed E-state index contributed by atoms with van der Waals surface area (Å²) >= 11 is 0. The van der Waals surface area contributed by atoms with Crippen molar-refractivity contribution >= 4 is 5.91 Å². The van der Waals surface area contributed by atoms with Gasteiger partial charge in [0, 0.05) is 24.4 Å². The van der Waals surface area contributed by atoms with E-state index in [4.69, 9.17) is 0 Å². The predicted molar refractivity (Wildman–Crippen MR) is 95.8 cm³/mol. The number of amides is 1. The lowest BCUT2D eigenvalue weighted by Crippen LogP contribution is -2.48. The highest BCUT2D eigenvalue weighted by atomic mass is 16.2. The molecule has 1 aromatic heterocycles. The second kappa shape index (κ2) is 8.47. The summed E-state index contributed by atoms with van der Waals surface area (Å²) in [7, 11) is 0. The van der Waals surface area contributed by atoms with Gasteiger partial charge in [-0.3, -0.25) is 14.8 Å². The van der Waals surface area contributed by atoms with E-state index in [1.165, 1.54) is 37.0 Å². The van der Waals surface area contributed by atoms with E-state index in [1.54, 1.807) is 0 Å². The molecule has 0 unspecified atom stereocenters. The first-order chi connectivity index (χ1) is 11.7. The lowest BCUT2D eigenvalue weighted by molar-refractivity contribution is -0.126. The summed E-state index contributed by atoms with van der Waals surface area (Å²) in [4.78, 5) is 14.7. The molecule has 2 heterocycles. The summed E-state index contributed by atoms with van der Waals surface area (Å²) in [6.45, 7) is 4.76. The number of aromatic amines is 1. The second-order valence-corrected chi connectivity index (χ2v) is 7.15. The van der Waals surface area contributed by atoms with Crippen LogP contribution in [0, 0.1) is 0 Å². The molecule has 1 amide bonds. The summed E-state index contributed by atoms with van der Waals surface area (Å²) in [5, 5.41) is 10.3. The van der Waals surface area contributed by atoms with Gasteiger partial charge < -0.3 is 5.32 Å². The first-order valence-electron chi connectivity index (χ1n) is 9.43. The van der Waals surface area contributed by atoms with Crippen molar-refractivity contribution < 1.29 is 4.79 Å². The number of likely N-dealkylation sites (tertiary alicyclic amines) is 1. The highest BCUT2D eigenvalue weighted by Gasteiger charge is 2.27. The van der Waals surface area contributed by atoms with Crippen LogP contribution in [0.1, 0.15) is 63.5 Å². The zero-order valence-electron chi connectivity index (χ0n) is 14.8. The molecule has 1 aliphatic heterocycles. The Morgan fingerprint density at radius 2 is 2.25 bits per heavy atom. The fraction of sp³-hybridized carbons (Fsp3) is 0.684. The van der Waals surface area contributed by atoms with Crippen molar-refractivity contribution in [2.45, 2.75) is 63.8 Å². The maximum Gasteiger partial charge on any atom is 0.237 e. The van der Waals surface area contributed by atoms with E-state index >= 15 is 0 Å². The minimum absolute atomic E-state index is 0.0342. The molecule has 5 nitrogen and oxygen atoms in total. The fourth-order valence-electron chi connectivity index (χ4n) is 3.88. The fourth-order valence-corrected chi connectivity index (χ4v) is 3.88. The Balaban J connectivity index is 1.38. The second-order valence-electron chi connectivity index (χ2n) is 7.15.